The van der Waals surface area contributed by atoms with Gasteiger partial charge in [0.2, 0.25) is 11.6 Å². The van der Waals surface area contributed by atoms with Crippen LogP contribution in [-0.2, 0) is 26.4 Å². The molecule has 2 aliphatic carbocycles. The maximum atomic E-state index is 12.1. The predicted molar refractivity (Wildman–Crippen MR) is 172 cm³/mol. The van der Waals surface area contributed by atoms with Gasteiger partial charge >= 0.3 is 0 Å². The standard InChI is InChI=1S/2C16H10N4O4.Co/c2*21-9-10-8-14(13-2-1-7-17-15(13)16(10)22)19-18-11-3-5-12(6-4-11)20(23)24;/h2*1-9,18H;/b2*19-14-;. The molecule has 245 valence electrons. The number of ketones is 2. The first kappa shape index (κ1) is 35.0. The van der Waals surface area contributed by atoms with Gasteiger partial charge in [0.25, 0.3) is 11.4 Å². The van der Waals surface area contributed by atoms with Crippen LogP contribution < -0.4 is 10.9 Å². The second-order valence-corrected chi connectivity index (χ2v) is 9.72. The Hall–Kier alpha value is -6.85. The maximum Gasteiger partial charge on any atom is 0.269 e. The van der Waals surface area contributed by atoms with Crippen molar-refractivity contribution in [1.29, 1.82) is 0 Å². The largest absolute Gasteiger partial charge is 0.298 e. The molecule has 0 saturated heterocycles. The molecule has 2 aromatic heterocycles. The van der Waals surface area contributed by atoms with Crippen molar-refractivity contribution < 1.29 is 45.8 Å². The van der Waals surface area contributed by atoms with E-state index in [1.54, 1.807) is 24.3 Å². The summed E-state index contributed by atoms with van der Waals surface area (Å²) in [6.45, 7) is 0. The number of nitrogens with zero attached hydrogens (tertiary/aromatic N) is 6. The fraction of sp³-hybridized carbons (Fsp3) is 0. The van der Waals surface area contributed by atoms with Crippen LogP contribution >= 0.6 is 0 Å². The van der Waals surface area contributed by atoms with Gasteiger partial charge in [-0.2, -0.15) is 10.2 Å². The minimum atomic E-state index is -0.497. The van der Waals surface area contributed by atoms with E-state index in [1.165, 1.54) is 73.1 Å². The Bertz CT molecular complexity index is 1960. The summed E-state index contributed by atoms with van der Waals surface area (Å²) in [7, 11) is 0. The monoisotopic (exact) mass is 703 g/mol. The number of allylic oxidation sites excluding steroid dienone is 4. The molecule has 16 nitrogen and oxygen atoms in total. The number of nitrogens with one attached hydrogen (secondary N) is 2. The molecule has 0 unspecified atom stereocenters. The second kappa shape index (κ2) is 15.6. The van der Waals surface area contributed by atoms with Crippen LogP contribution in [-0.4, -0.2) is 55.4 Å². The number of nitro groups is 2. The van der Waals surface area contributed by atoms with Crippen molar-refractivity contribution in [2.75, 3.05) is 10.9 Å². The van der Waals surface area contributed by atoms with E-state index in [0.29, 0.717) is 46.5 Å². The minimum absolute atomic E-state index is 0. The molecule has 0 amide bonds. The number of benzene rings is 2. The van der Waals surface area contributed by atoms with Crippen LogP contribution in [0, 0.1) is 20.2 Å². The summed E-state index contributed by atoms with van der Waals surface area (Å²) in [5, 5.41) is 29.6. The third-order valence-electron chi connectivity index (χ3n) is 6.73. The van der Waals surface area contributed by atoms with E-state index in [4.69, 9.17) is 0 Å². The Kier molecular flexibility index (Phi) is 11.2. The van der Waals surface area contributed by atoms with Gasteiger partial charge in [-0.05, 0) is 60.7 Å². The van der Waals surface area contributed by atoms with E-state index in [9.17, 15) is 39.4 Å². The molecule has 2 aliphatic rings. The number of pyridine rings is 2. The minimum Gasteiger partial charge on any atom is -0.298 e. The summed E-state index contributed by atoms with van der Waals surface area (Å²) >= 11 is 0. The van der Waals surface area contributed by atoms with Crippen LogP contribution in [0.1, 0.15) is 32.1 Å². The van der Waals surface area contributed by atoms with E-state index in [0.717, 1.165) is 0 Å². The Morgan fingerprint density at radius 2 is 0.980 bits per heavy atom. The van der Waals surface area contributed by atoms with Gasteiger partial charge in [-0.15, -0.1) is 0 Å². The zero-order valence-electron chi connectivity index (χ0n) is 24.7. The van der Waals surface area contributed by atoms with Crippen molar-refractivity contribution in [3.63, 3.8) is 0 Å². The summed E-state index contributed by atoms with van der Waals surface area (Å²) in [4.78, 5) is 74.5. The molecular formula is C32H20CoN8O8. The van der Waals surface area contributed by atoms with E-state index in [2.05, 4.69) is 31.0 Å². The van der Waals surface area contributed by atoms with Crippen LogP contribution in [0.25, 0.3) is 0 Å². The number of non-ortho nitro benzene ring substituents is 2. The molecule has 17 heteroatoms. The number of anilines is 2. The van der Waals surface area contributed by atoms with Crippen molar-refractivity contribution in [1.82, 2.24) is 9.97 Å². The number of aromatic nitrogens is 2. The smallest absolute Gasteiger partial charge is 0.269 e. The van der Waals surface area contributed by atoms with Crippen molar-refractivity contribution in [2.24, 2.45) is 10.2 Å². The molecule has 0 spiro atoms. The number of fused-ring (bicyclic) bond motifs is 2. The SMILES string of the molecule is O=CC1=C/C(=N/Nc2ccc([N+](=O)[O-])cc2)c2cccnc2C1=O.O=CC1=C/C(=N/Nc2ccc([N+](=O)[O-])cc2)c2cccnc2C1=O.[Co]. The Morgan fingerprint density at radius 3 is 1.31 bits per heavy atom. The zero-order chi connectivity index (χ0) is 34.2. The number of hydrogen-bond donors (Lipinski definition) is 2. The summed E-state index contributed by atoms with van der Waals surface area (Å²) in [6.07, 6.45) is 6.59. The zero-order valence-corrected chi connectivity index (χ0v) is 25.7. The van der Waals surface area contributed by atoms with Crippen LogP contribution in [0.5, 0.6) is 0 Å². The van der Waals surface area contributed by atoms with E-state index >= 15 is 0 Å². The number of carbonyl (C=O) groups is 4. The van der Waals surface area contributed by atoms with Gasteiger partial charge < -0.3 is 0 Å². The van der Waals surface area contributed by atoms with Crippen molar-refractivity contribution in [2.45, 2.75) is 0 Å². The first-order valence-electron chi connectivity index (χ1n) is 13.7. The average Bonchev–Trinajstić information content (AvgIpc) is 3.12. The third-order valence-corrected chi connectivity index (χ3v) is 6.73. The number of hydrogen-bond acceptors (Lipinski definition) is 14. The Labute approximate surface area is 285 Å². The predicted octanol–water partition coefficient (Wildman–Crippen LogP) is 4.25. The Balaban J connectivity index is 0.000000216. The van der Waals surface area contributed by atoms with Gasteiger partial charge in [0, 0.05) is 64.6 Å². The molecule has 2 heterocycles. The molecule has 49 heavy (non-hydrogen) atoms. The molecule has 0 aliphatic heterocycles. The molecule has 4 aromatic rings. The molecule has 0 saturated carbocycles. The first-order chi connectivity index (χ1) is 23.2. The normalized spacial score (nSPS) is 14.4. The van der Waals surface area contributed by atoms with Gasteiger partial charge in [0.1, 0.15) is 11.4 Å². The van der Waals surface area contributed by atoms with Gasteiger partial charge in [-0.25, -0.2) is 0 Å². The number of Topliss-reactive ketones (excluding diaryl/α,β-unsaturated/α-hetero) is 2. The van der Waals surface area contributed by atoms with E-state index < -0.39 is 21.4 Å². The number of rotatable bonds is 8. The number of carbonyl (C=O) groups excluding carboxylic acids is 4. The fourth-order valence-corrected chi connectivity index (χ4v) is 4.37. The number of nitro benzene ring substituents is 2. The third kappa shape index (κ3) is 7.93. The van der Waals surface area contributed by atoms with Crippen LogP contribution in [0.2, 0.25) is 0 Å². The number of aldehydes is 2. The topological polar surface area (TPSA) is 229 Å². The van der Waals surface area contributed by atoms with Crippen molar-refractivity contribution >= 4 is 58.3 Å². The molecule has 2 aromatic carbocycles. The van der Waals surface area contributed by atoms with Crippen molar-refractivity contribution in [3.8, 4) is 0 Å². The Morgan fingerprint density at radius 1 is 0.612 bits per heavy atom. The fourth-order valence-electron chi connectivity index (χ4n) is 4.37. The second-order valence-electron chi connectivity index (χ2n) is 9.72. The van der Waals surface area contributed by atoms with Gasteiger partial charge in [0.05, 0.1) is 43.8 Å². The summed E-state index contributed by atoms with van der Waals surface area (Å²) in [5.41, 5.74) is 8.47. The quantitative estimate of drug-likeness (QED) is 0.114. The molecule has 6 rings (SSSR count). The summed E-state index contributed by atoms with van der Waals surface area (Å²) in [6, 6.07) is 18.1. The van der Waals surface area contributed by atoms with E-state index in [-0.39, 0.29) is 50.7 Å². The molecule has 2 N–H and O–H groups in total. The van der Waals surface area contributed by atoms with Gasteiger partial charge in [-0.3, -0.25) is 60.2 Å². The van der Waals surface area contributed by atoms with Crippen molar-refractivity contribution in [3.05, 3.63) is 151 Å². The molecule has 1 radical (unpaired) electrons. The summed E-state index contributed by atoms with van der Waals surface area (Å²) < 4.78 is 0. The van der Waals surface area contributed by atoms with Crippen LogP contribution in [0.4, 0.5) is 22.7 Å². The molecule has 0 atom stereocenters. The van der Waals surface area contributed by atoms with Crippen LogP contribution in [0.15, 0.2) is 119 Å². The number of hydrazone groups is 2. The molecular weight excluding hydrogens is 683 g/mol. The van der Waals surface area contributed by atoms with E-state index in [1.807, 2.05) is 0 Å². The molecule has 0 bridgehead atoms. The first-order valence-corrected chi connectivity index (χ1v) is 13.7. The van der Waals surface area contributed by atoms with Crippen LogP contribution in [0.3, 0.4) is 0 Å². The van der Waals surface area contributed by atoms with Gasteiger partial charge in [-0.1, -0.05) is 0 Å². The maximum absolute atomic E-state index is 12.1. The average molecular weight is 703 g/mol. The summed E-state index contributed by atoms with van der Waals surface area (Å²) in [5.74, 6) is -0.898. The molecule has 0 fully saturated rings. The van der Waals surface area contributed by atoms with Gasteiger partial charge in [0.15, 0.2) is 12.6 Å².